The zero-order chi connectivity index (χ0) is 13.9. The molecular weight excluding hydrogens is 252 g/mol. The van der Waals surface area contributed by atoms with Crippen molar-refractivity contribution in [1.82, 2.24) is 0 Å². The molecule has 100 valence electrons. The van der Waals surface area contributed by atoms with Gasteiger partial charge in [-0.15, -0.1) is 0 Å². The van der Waals surface area contributed by atoms with Gasteiger partial charge >= 0.3 is 5.97 Å². The Hall–Kier alpha value is -1.42. The summed E-state index contributed by atoms with van der Waals surface area (Å²) < 4.78 is 0. The lowest BCUT2D eigenvalue weighted by molar-refractivity contribution is 0.0698. The van der Waals surface area contributed by atoms with Crippen molar-refractivity contribution >= 4 is 28.9 Å². The summed E-state index contributed by atoms with van der Waals surface area (Å²) >= 11 is 6.09. The van der Waals surface area contributed by atoms with E-state index in [1.54, 1.807) is 6.07 Å². The van der Waals surface area contributed by atoms with E-state index in [0.717, 1.165) is 12.8 Å². The molecule has 0 bridgehead atoms. The first-order valence-electron chi connectivity index (χ1n) is 5.93. The number of halogens is 1. The van der Waals surface area contributed by atoms with Crippen molar-refractivity contribution in [3.05, 3.63) is 22.7 Å². The maximum absolute atomic E-state index is 11.2. The predicted molar refractivity (Wildman–Crippen MR) is 75.4 cm³/mol. The molecular formula is C13H19ClN2O2. The summed E-state index contributed by atoms with van der Waals surface area (Å²) in [6.45, 7) is 6.12. The lowest BCUT2D eigenvalue weighted by atomic mass is 9.94. The summed E-state index contributed by atoms with van der Waals surface area (Å²) in [7, 11) is 0. The maximum Gasteiger partial charge on any atom is 0.337 e. The van der Waals surface area contributed by atoms with Crippen molar-refractivity contribution in [2.24, 2.45) is 0 Å². The Morgan fingerprint density at radius 3 is 2.44 bits per heavy atom. The summed E-state index contributed by atoms with van der Waals surface area (Å²) in [5.41, 5.74) is 6.31. The number of nitrogen functional groups attached to an aromatic ring is 1. The van der Waals surface area contributed by atoms with Gasteiger partial charge in [-0.25, -0.2) is 4.79 Å². The third-order valence-corrected chi connectivity index (χ3v) is 3.63. The molecule has 4 nitrogen and oxygen atoms in total. The molecule has 1 aromatic rings. The minimum Gasteiger partial charge on any atom is -0.478 e. The first-order chi connectivity index (χ1) is 8.33. The van der Waals surface area contributed by atoms with Gasteiger partial charge in [-0.2, -0.15) is 0 Å². The fraction of sp³-hybridized carbons (Fsp3) is 0.462. The molecule has 0 atom stereocenters. The highest BCUT2D eigenvalue weighted by Crippen LogP contribution is 2.33. The SMILES string of the molecule is CCC(C)(CC)Nc1c(Cl)cc(N)cc1C(=O)O. The van der Waals surface area contributed by atoms with Crippen molar-refractivity contribution in [2.75, 3.05) is 11.1 Å². The molecule has 1 rings (SSSR count). The number of nitrogens with one attached hydrogen (secondary N) is 1. The third-order valence-electron chi connectivity index (χ3n) is 3.33. The molecule has 0 saturated heterocycles. The van der Waals surface area contributed by atoms with E-state index >= 15 is 0 Å². The monoisotopic (exact) mass is 270 g/mol. The van der Waals surface area contributed by atoms with Gasteiger partial charge in [0, 0.05) is 11.2 Å². The van der Waals surface area contributed by atoms with Crippen LogP contribution in [-0.2, 0) is 0 Å². The van der Waals surface area contributed by atoms with E-state index in [9.17, 15) is 9.90 Å². The topological polar surface area (TPSA) is 75.3 Å². The number of nitrogens with two attached hydrogens (primary N) is 1. The van der Waals surface area contributed by atoms with Crippen molar-refractivity contribution in [1.29, 1.82) is 0 Å². The summed E-state index contributed by atoms with van der Waals surface area (Å²) in [6, 6.07) is 2.98. The minimum atomic E-state index is -1.04. The first kappa shape index (κ1) is 14.6. The van der Waals surface area contributed by atoms with Crippen LogP contribution in [0.1, 0.15) is 44.0 Å². The largest absolute Gasteiger partial charge is 0.478 e. The van der Waals surface area contributed by atoms with Gasteiger partial charge in [0.05, 0.1) is 16.3 Å². The second-order valence-electron chi connectivity index (χ2n) is 4.62. The number of rotatable bonds is 5. The average Bonchev–Trinajstić information content (AvgIpc) is 2.31. The van der Waals surface area contributed by atoms with Crippen LogP contribution in [0.4, 0.5) is 11.4 Å². The first-order valence-corrected chi connectivity index (χ1v) is 6.31. The highest BCUT2D eigenvalue weighted by molar-refractivity contribution is 6.34. The molecule has 0 saturated carbocycles. The zero-order valence-corrected chi connectivity index (χ0v) is 11.6. The number of carboxylic acids is 1. The summed E-state index contributed by atoms with van der Waals surface area (Å²) in [4.78, 5) is 11.2. The van der Waals surface area contributed by atoms with Crippen LogP contribution in [-0.4, -0.2) is 16.6 Å². The molecule has 0 heterocycles. The van der Waals surface area contributed by atoms with Gasteiger partial charge in [0.25, 0.3) is 0 Å². The summed E-state index contributed by atoms with van der Waals surface area (Å²) in [6.07, 6.45) is 1.73. The third kappa shape index (κ3) is 3.07. The molecule has 18 heavy (non-hydrogen) atoms. The number of carbonyl (C=O) groups is 1. The average molecular weight is 271 g/mol. The Morgan fingerprint density at radius 2 is 2.00 bits per heavy atom. The van der Waals surface area contributed by atoms with Gasteiger partial charge in [0.1, 0.15) is 0 Å². The Bertz CT molecular complexity index is 457. The Balaban J connectivity index is 3.27. The number of benzene rings is 1. The molecule has 0 fully saturated rings. The normalized spacial score (nSPS) is 11.3. The van der Waals surface area contributed by atoms with E-state index in [0.29, 0.717) is 16.4 Å². The molecule has 0 radical (unpaired) electrons. The van der Waals surface area contributed by atoms with Crippen molar-refractivity contribution in [3.63, 3.8) is 0 Å². The lowest BCUT2D eigenvalue weighted by Gasteiger charge is -2.30. The summed E-state index contributed by atoms with van der Waals surface area (Å²) in [5.74, 6) is -1.04. The second kappa shape index (κ2) is 5.48. The number of aromatic carboxylic acids is 1. The van der Waals surface area contributed by atoms with Gasteiger partial charge in [-0.05, 0) is 31.9 Å². The van der Waals surface area contributed by atoms with Crippen LogP contribution in [0.5, 0.6) is 0 Å². The van der Waals surface area contributed by atoms with Gasteiger partial charge in [-0.3, -0.25) is 0 Å². The number of hydrogen-bond donors (Lipinski definition) is 3. The molecule has 0 spiro atoms. The van der Waals surface area contributed by atoms with Gasteiger partial charge in [0.2, 0.25) is 0 Å². The maximum atomic E-state index is 11.2. The minimum absolute atomic E-state index is 0.105. The van der Waals surface area contributed by atoms with Crippen LogP contribution >= 0.6 is 11.6 Å². The van der Waals surface area contributed by atoms with E-state index in [1.807, 2.05) is 20.8 Å². The van der Waals surface area contributed by atoms with E-state index in [1.165, 1.54) is 6.07 Å². The standard InChI is InChI=1S/C13H19ClN2O2/c1-4-13(3,5-2)16-11-9(12(17)18)6-8(15)7-10(11)14/h6-7,16H,4-5,15H2,1-3H3,(H,17,18). The van der Waals surface area contributed by atoms with Gasteiger partial charge in [-0.1, -0.05) is 25.4 Å². The molecule has 1 aromatic carbocycles. The Kier molecular flexibility index (Phi) is 4.46. The fourth-order valence-electron chi connectivity index (χ4n) is 1.65. The molecule has 0 unspecified atom stereocenters. The molecule has 5 heteroatoms. The van der Waals surface area contributed by atoms with Crippen molar-refractivity contribution in [2.45, 2.75) is 39.2 Å². The van der Waals surface area contributed by atoms with E-state index in [4.69, 9.17) is 17.3 Å². The van der Waals surface area contributed by atoms with Crippen LogP contribution in [0.15, 0.2) is 12.1 Å². The van der Waals surface area contributed by atoms with Crippen LogP contribution < -0.4 is 11.1 Å². The van der Waals surface area contributed by atoms with E-state index < -0.39 is 5.97 Å². The molecule has 0 aliphatic rings. The molecule has 4 N–H and O–H groups in total. The Labute approximate surface area is 112 Å². The van der Waals surface area contributed by atoms with E-state index in [2.05, 4.69) is 5.32 Å². The molecule has 0 aliphatic heterocycles. The van der Waals surface area contributed by atoms with Gasteiger partial charge in [0.15, 0.2) is 0 Å². The van der Waals surface area contributed by atoms with Gasteiger partial charge < -0.3 is 16.2 Å². The summed E-state index contributed by atoms with van der Waals surface area (Å²) in [5, 5.41) is 12.8. The fourth-order valence-corrected chi connectivity index (χ4v) is 1.93. The lowest BCUT2D eigenvalue weighted by Crippen LogP contribution is -2.33. The Morgan fingerprint density at radius 1 is 1.44 bits per heavy atom. The predicted octanol–water partition coefficient (Wildman–Crippen LogP) is 3.61. The molecule has 0 aromatic heterocycles. The van der Waals surface area contributed by atoms with Crippen LogP contribution in [0.3, 0.4) is 0 Å². The van der Waals surface area contributed by atoms with Crippen molar-refractivity contribution in [3.8, 4) is 0 Å². The molecule has 0 aliphatic carbocycles. The van der Waals surface area contributed by atoms with Crippen molar-refractivity contribution < 1.29 is 9.90 Å². The highest BCUT2D eigenvalue weighted by atomic mass is 35.5. The van der Waals surface area contributed by atoms with E-state index in [-0.39, 0.29) is 11.1 Å². The highest BCUT2D eigenvalue weighted by Gasteiger charge is 2.24. The molecule has 0 amide bonds. The van der Waals surface area contributed by atoms with Crippen LogP contribution in [0, 0.1) is 0 Å². The number of anilines is 2. The van der Waals surface area contributed by atoms with Crippen LogP contribution in [0.2, 0.25) is 5.02 Å². The van der Waals surface area contributed by atoms with Crippen LogP contribution in [0.25, 0.3) is 0 Å². The number of carboxylic acid groups (broad SMARTS) is 1. The zero-order valence-electron chi connectivity index (χ0n) is 10.9. The smallest absolute Gasteiger partial charge is 0.337 e. The number of hydrogen-bond acceptors (Lipinski definition) is 3. The second-order valence-corrected chi connectivity index (χ2v) is 5.03. The quantitative estimate of drug-likeness (QED) is 0.715.